The van der Waals surface area contributed by atoms with E-state index in [9.17, 15) is 4.79 Å². The Morgan fingerprint density at radius 1 is 1.40 bits per heavy atom. The lowest BCUT2D eigenvalue weighted by Gasteiger charge is -2.41. The molecule has 1 aliphatic rings. The van der Waals surface area contributed by atoms with Crippen LogP contribution in [0.25, 0.3) is 0 Å². The van der Waals surface area contributed by atoms with E-state index in [1.165, 1.54) is 5.56 Å². The van der Waals surface area contributed by atoms with E-state index >= 15 is 0 Å². The minimum absolute atomic E-state index is 0.0641. The summed E-state index contributed by atoms with van der Waals surface area (Å²) in [4.78, 5) is 12.0. The Labute approximate surface area is 120 Å². The van der Waals surface area contributed by atoms with Gasteiger partial charge in [-0.1, -0.05) is 31.5 Å². The molecule has 2 atom stereocenters. The summed E-state index contributed by atoms with van der Waals surface area (Å²) >= 11 is 0. The van der Waals surface area contributed by atoms with Gasteiger partial charge in [-0.25, -0.2) is 0 Å². The summed E-state index contributed by atoms with van der Waals surface area (Å²) < 4.78 is 5.75. The Balaban J connectivity index is 2.21. The standard InChI is InChI=1S/C16H24N2O2/c1-11(2)14-10-16(15(17)19,8-9-20-14)18-13-6-4-12(3)5-7-13/h4-7,11,14,18H,8-10H2,1-3H3,(H2,17,19). The molecule has 0 aliphatic carbocycles. The average molecular weight is 276 g/mol. The van der Waals surface area contributed by atoms with Gasteiger partial charge in [0.1, 0.15) is 5.54 Å². The highest BCUT2D eigenvalue weighted by molar-refractivity contribution is 5.88. The lowest BCUT2D eigenvalue weighted by Crippen LogP contribution is -2.56. The highest BCUT2D eigenvalue weighted by atomic mass is 16.5. The third-order valence-corrected chi connectivity index (χ3v) is 4.06. The van der Waals surface area contributed by atoms with Crippen molar-refractivity contribution in [1.29, 1.82) is 0 Å². The molecule has 4 heteroatoms. The van der Waals surface area contributed by atoms with Crippen molar-refractivity contribution in [3.8, 4) is 0 Å². The zero-order valence-electron chi connectivity index (χ0n) is 12.5. The van der Waals surface area contributed by atoms with Gasteiger partial charge in [-0.2, -0.15) is 0 Å². The quantitative estimate of drug-likeness (QED) is 0.888. The monoisotopic (exact) mass is 276 g/mol. The summed E-state index contributed by atoms with van der Waals surface area (Å²) in [6, 6.07) is 8.02. The van der Waals surface area contributed by atoms with Crippen LogP contribution in [0.15, 0.2) is 24.3 Å². The number of ether oxygens (including phenoxy) is 1. The first kappa shape index (κ1) is 14.9. The number of nitrogens with one attached hydrogen (secondary N) is 1. The van der Waals surface area contributed by atoms with Gasteiger partial charge in [-0.15, -0.1) is 0 Å². The predicted octanol–water partition coefficient (Wildman–Crippen LogP) is 2.47. The van der Waals surface area contributed by atoms with E-state index in [2.05, 4.69) is 19.2 Å². The van der Waals surface area contributed by atoms with Gasteiger partial charge < -0.3 is 15.8 Å². The van der Waals surface area contributed by atoms with Crippen molar-refractivity contribution in [3.63, 3.8) is 0 Å². The third kappa shape index (κ3) is 3.12. The molecule has 0 aromatic heterocycles. The minimum atomic E-state index is -0.706. The highest BCUT2D eigenvalue weighted by Gasteiger charge is 2.42. The zero-order chi connectivity index (χ0) is 14.8. The molecule has 3 N–H and O–H groups in total. The van der Waals surface area contributed by atoms with Gasteiger partial charge in [-0.3, -0.25) is 4.79 Å². The van der Waals surface area contributed by atoms with Gasteiger partial charge in [0.05, 0.1) is 6.10 Å². The molecule has 1 aromatic carbocycles. The third-order valence-electron chi connectivity index (χ3n) is 4.06. The van der Waals surface area contributed by atoms with Crippen LogP contribution in [0.5, 0.6) is 0 Å². The van der Waals surface area contributed by atoms with E-state index in [0.29, 0.717) is 25.4 Å². The summed E-state index contributed by atoms with van der Waals surface area (Å²) in [7, 11) is 0. The number of rotatable bonds is 4. The molecule has 110 valence electrons. The van der Waals surface area contributed by atoms with Crippen LogP contribution in [-0.2, 0) is 9.53 Å². The van der Waals surface area contributed by atoms with E-state index in [0.717, 1.165) is 5.69 Å². The van der Waals surface area contributed by atoms with Crippen molar-refractivity contribution in [2.45, 2.75) is 45.3 Å². The number of aryl methyl sites for hydroxylation is 1. The predicted molar refractivity (Wildman–Crippen MR) is 80.5 cm³/mol. The molecule has 1 fully saturated rings. The normalized spacial score (nSPS) is 26.5. The summed E-state index contributed by atoms with van der Waals surface area (Å²) in [5, 5.41) is 3.35. The van der Waals surface area contributed by atoms with Crippen LogP contribution in [0.3, 0.4) is 0 Å². The molecule has 0 spiro atoms. The lowest BCUT2D eigenvalue weighted by atomic mass is 9.82. The van der Waals surface area contributed by atoms with E-state index in [4.69, 9.17) is 10.5 Å². The maximum Gasteiger partial charge on any atom is 0.243 e. The van der Waals surface area contributed by atoms with Crippen molar-refractivity contribution >= 4 is 11.6 Å². The minimum Gasteiger partial charge on any atom is -0.378 e. The number of benzene rings is 1. The second kappa shape index (κ2) is 5.83. The second-order valence-electron chi connectivity index (χ2n) is 6.04. The second-order valence-corrected chi connectivity index (χ2v) is 6.04. The molecule has 4 nitrogen and oxygen atoms in total. The molecule has 0 saturated carbocycles. The zero-order valence-corrected chi connectivity index (χ0v) is 12.5. The number of carbonyl (C=O) groups excluding carboxylic acids is 1. The SMILES string of the molecule is Cc1ccc(NC2(C(N)=O)CCOC(C(C)C)C2)cc1. The van der Waals surface area contributed by atoms with E-state index in [1.54, 1.807) is 0 Å². The van der Waals surface area contributed by atoms with Gasteiger partial charge in [0, 0.05) is 25.1 Å². The summed E-state index contributed by atoms with van der Waals surface area (Å²) in [6.45, 7) is 6.81. The number of amides is 1. The molecule has 1 aromatic rings. The van der Waals surface area contributed by atoms with E-state index < -0.39 is 5.54 Å². The van der Waals surface area contributed by atoms with Gasteiger partial charge in [0.2, 0.25) is 5.91 Å². The maximum atomic E-state index is 12.0. The van der Waals surface area contributed by atoms with Gasteiger partial charge >= 0.3 is 0 Å². The summed E-state index contributed by atoms with van der Waals surface area (Å²) in [6.07, 6.45) is 1.29. The first-order valence-electron chi connectivity index (χ1n) is 7.19. The summed E-state index contributed by atoms with van der Waals surface area (Å²) in [5.74, 6) is 0.0702. The summed E-state index contributed by atoms with van der Waals surface area (Å²) in [5.41, 5.74) is 7.10. The van der Waals surface area contributed by atoms with Crippen molar-refractivity contribution in [2.24, 2.45) is 11.7 Å². The first-order chi connectivity index (χ1) is 9.43. The largest absolute Gasteiger partial charge is 0.378 e. The van der Waals surface area contributed by atoms with Crippen LogP contribution in [-0.4, -0.2) is 24.2 Å². The van der Waals surface area contributed by atoms with Crippen molar-refractivity contribution in [2.75, 3.05) is 11.9 Å². The lowest BCUT2D eigenvalue weighted by molar-refractivity contribution is -0.128. The molecular formula is C16H24N2O2. The number of anilines is 1. The Morgan fingerprint density at radius 3 is 2.60 bits per heavy atom. The smallest absolute Gasteiger partial charge is 0.243 e. The Hall–Kier alpha value is -1.55. The van der Waals surface area contributed by atoms with Crippen LogP contribution in [0.4, 0.5) is 5.69 Å². The topological polar surface area (TPSA) is 64.3 Å². The molecule has 1 saturated heterocycles. The number of nitrogens with two attached hydrogens (primary N) is 1. The van der Waals surface area contributed by atoms with Crippen LogP contribution >= 0.6 is 0 Å². The molecule has 1 aliphatic heterocycles. The fraction of sp³-hybridized carbons (Fsp3) is 0.562. The van der Waals surface area contributed by atoms with Gasteiger partial charge in [-0.05, 0) is 25.0 Å². The average Bonchev–Trinajstić information content (AvgIpc) is 2.41. The number of carbonyl (C=O) groups is 1. The van der Waals surface area contributed by atoms with Gasteiger partial charge in [0.15, 0.2) is 0 Å². The molecule has 2 unspecified atom stereocenters. The number of primary amides is 1. The van der Waals surface area contributed by atoms with Crippen LogP contribution in [0, 0.1) is 12.8 Å². The molecular weight excluding hydrogens is 252 g/mol. The molecule has 2 rings (SSSR count). The van der Waals surface area contributed by atoms with Crippen molar-refractivity contribution in [1.82, 2.24) is 0 Å². The van der Waals surface area contributed by atoms with E-state index in [-0.39, 0.29) is 12.0 Å². The fourth-order valence-corrected chi connectivity index (χ4v) is 2.63. The fourth-order valence-electron chi connectivity index (χ4n) is 2.63. The molecule has 1 amide bonds. The Morgan fingerprint density at radius 2 is 2.05 bits per heavy atom. The Kier molecular flexibility index (Phi) is 4.33. The molecule has 0 bridgehead atoms. The van der Waals surface area contributed by atoms with Crippen LogP contribution in [0.2, 0.25) is 0 Å². The van der Waals surface area contributed by atoms with E-state index in [1.807, 2.05) is 31.2 Å². The Bertz CT molecular complexity index is 470. The molecule has 1 heterocycles. The maximum absolute atomic E-state index is 12.0. The van der Waals surface area contributed by atoms with Crippen LogP contribution < -0.4 is 11.1 Å². The molecule has 20 heavy (non-hydrogen) atoms. The van der Waals surface area contributed by atoms with Gasteiger partial charge in [0.25, 0.3) is 0 Å². The first-order valence-corrected chi connectivity index (χ1v) is 7.19. The van der Waals surface area contributed by atoms with Crippen LogP contribution in [0.1, 0.15) is 32.3 Å². The number of hydrogen-bond donors (Lipinski definition) is 2. The number of hydrogen-bond acceptors (Lipinski definition) is 3. The van der Waals surface area contributed by atoms with Crippen molar-refractivity contribution in [3.05, 3.63) is 29.8 Å². The molecule has 0 radical (unpaired) electrons. The highest BCUT2D eigenvalue weighted by Crippen LogP contribution is 2.31. The van der Waals surface area contributed by atoms with Crippen molar-refractivity contribution < 1.29 is 9.53 Å².